The molecule has 1 atom stereocenters. The molecule has 6 rings (SSSR count). The van der Waals surface area contributed by atoms with Gasteiger partial charge in [0.15, 0.2) is 12.2 Å². The van der Waals surface area contributed by atoms with Crippen molar-refractivity contribution in [2.45, 2.75) is 31.3 Å². The lowest BCUT2D eigenvalue weighted by molar-refractivity contribution is -0.140. The van der Waals surface area contributed by atoms with Gasteiger partial charge in [-0.3, -0.25) is 14.4 Å². The van der Waals surface area contributed by atoms with Gasteiger partial charge in [0.05, 0.1) is 12.1 Å². The van der Waals surface area contributed by atoms with Crippen molar-refractivity contribution in [2.75, 3.05) is 11.5 Å². The summed E-state index contributed by atoms with van der Waals surface area (Å²) in [6, 6.07) is 22.6. The maximum Gasteiger partial charge on any atom is 0.261 e. The van der Waals surface area contributed by atoms with E-state index in [1.165, 1.54) is 4.90 Å². The monoisotopic (exact) mass is 481 g/mol. The highest BCUT2D eigenvalue weighted by Crippen LogP contribution is 2.35. The number of aromatic nitrogens is 1. The van der Waals surface area contributed by atoms with Crippen LogP contribution in [0.5, 0.6) is 5.75 Å². The number of nitrogens with zero attached hydrogens (tertiary/aromatic N) is 3. The molecule has 1 aliphatic carbocycles. The molecule has 2 fully saturated rings. The molecule has 36 heavy (non-hydrogen) atoms. The van der Waals surface area contributed by atoms with Crippen LogP contribution in [0.2, 0.25) is 0 Å². The molecule has 1 aliphatic heterocycles. The molecular formula is C28H23N3O5. The molecule has 1 saturated carbocycles. The summed E-state index contributed by atoms with van der Waals surface area (Å²) < 4.78 is 11.4. The Morgan fingerprint density at radius 1 is 0.972 bits per heavy atom. The molecule has 1 saturated heterocycles. The van der Waals surface area contributed by atoms with Crippen LogP contribution in [0.4, 0.5) is 5.69 Å². The Labute approximate surface area is 207 Å². The highest BCUT2D eigenvalue weighted by Gasteiger charge is 2.48. The molecule has 2 heterocycles. The number of fused-ring (bicyclic) bond motifs is 1. The summed E-state index contributed by atoms with van der Waals surface area (Å²) in [5, 5.41) is 0. The van der Waals surface area contributed by atoms with Crippen LogP contribution in [0.1, 0.15) is 19.3 Å². The fourth-order valence-electron chi connectivity index (χ4n) is 4.57. The van der Waals surface area contributed by atoms with Crippen LogP contribution >= 0.6 is 0 Å². The van der Waals surface area contributed by atoms with E-state index in [1.54, 1.807) is 41.3 Å². The van der Waals surface area contributed by atoms with E-state index in [0.29, 0.717) is 22.9 Å². The number of ether oxygens (including phenoxy) is 1. The first-order chi connectivity index (χ1) is 17.6. The molecule has 0 N–H and O–H groups in total. The number of carbonyl (C=O) groups excluding carboxylic acids is 3. The van der Waals surface area contributed by atoms with Crippen molar-refractivity contribution in [1.82, 2.24) is 9.88 Å². The number of oxazole rings is 1. The number of carbonyl (C=O) groups is 3. The minimum absolute atomic E-state index is 0.0416. The zero-order valence-electron chi connectivity index (χ0n) is 19.4. The van der Waals surface area contributed by atoms with Gasteiger partial charge in [0, 0.05) is 11.6 Å². The molecule has 4 aromatic rings. The van der Waals surface area contributed by atoms with E-state index in [4.69, 9.17) is 9.15 Å². The van der Waals surface area contributed by atoms with Gasteiger partial charge in [-0.2, -0.15) is 0 Å². The zero-order chi connectivity index (χ0) is 24.6. The molecule has 3 amide bonds. The fraction of sp³-hybridized carbons (Fsp3) is 0.214. The number of rotatable bonds is 7. The van der Waals surface area contributed by atoms with Gasteiger partial charge < -0.3 is 14.1 Å². The standard InChI is InChI=1S/C28H23N3O5/c32-25-16-23(30(19-14-15-19)26(33)17-35-21-6-2-1-3-7-21)28(34)31(25)20-12-10-18(11-13-20)27-29-22-8-4-5-9-24(22)36-27/h1-13,19,23H,14-17H2. The van der Waals surface area contributed by atoms with Crippen molar-refractivity contribution < 1.29 is 23.5 Å². The van der Waals surface area contributed by atoms with Gasteiger partial charge in [0.25, 0.3) is 11.8 Å². The minimum Gasteiger partial charge on any atom is -0.484 e. The van der Waals surface area contributed by atoms with Crippen LogP contribution in [0.15, 0.2) is 83.3 Å². The lowest BCUT2D eigenvalue weighted by Crippen LogP contribution is -2.48. The van der Waals surface area contributed by atoms with E-state index >= 15 is 0 Å². The SMILES string of the molecule is O=C1CC(N(C(=O)COc2ccccc2)C2CC2)C(=O)N1c1ccc(-c2nc3ccccc3o2)cc1. The second kappa shape index (κ2) is 8.96. The highest BCUT2D eigenvalue weighted by atomic mass is 16.5. The van der Waals surface area contributed by atoms with Gasteiger partial charge in [-0.05, 0) is 61.4 Å². The van der Waals surface area contributed by atoms with E-state index in [-0.39, 0.29) is 30.9 Å². The maximum absolute atomic E-state index is 13.4. The molecule has 2 aliphatic rings. The fourth-order valence-corrected chi connectivity index (χ4v) is 4.57. The lowest BCUT2D eigenvalue weighted by Gasteiger charge is -2.27. The molecule has 0 bridgehead atoms. The van der Waals surface area contributed by atoms with Gasteiger partial charge in [-0.15, -0.1) is 0 Å². The summed E-state index contributed by atoms with van der Waals surface area (Å²) in [5.74, 6) is 0.0250. The number of amides is 3. The van der Waals surface area contributed by atoms with Crippen LogP contribution in [0.3, 0.4) is 0 Å². The van der Waals surface area contributed by atoms with Gasteiger partial charge in [-0.1, -0.05) is 30.3 Å². The largest absolute Gasteiger partial charge is 0.484 e. The number of imide groups is 1. The summed E-state index contributed by atoms with van der Waals surface area (Å²) in [4.78, 5) is 46.6. The number of anilines is 1. The third-order valence-corrected chi connectivity index (χ3v) is 6.46. The first kappa shape index (κ1) is 22.0. The van der Waals surface area contributed by atoms with Crippen molar-refractivity contribution in [3.05, 3.63) is 78.9 Å². The Hall–Kier alpha value is -4.46. The Balaban J connectivity index is 1.19. The normalized spacial score (nSPS) is 17.6. The van der Waals surface area contributed by atoms with E-state index < -0.39 is 11.9 Å². The Morgan fingerprint density at radius 2 is 1.69 bits per heavy atom. The predicted molar refractivity (Wildman–Crippen MR) is 132 cm³/mol. The van der Waals surface area contributed by atoms with Gasteiger partial charge in [0.1, 0.15) is 17.3 Å². The number of hydrogen-bond donors (Lipinski definition) is 0. The van der Waals surface area contributed by atoms with Gasteiger partial charge in [-0.25, -0.2) is 9.88 Å². The minimum atomic E-state index is -0.825. The average Bonchev–Trinajstić information content (AvgIpc) is 3.57. The third-order valence-electron chi connectivity index (χ3n) is 6.46. The van der Waals surface area contributed by atoms with Gasteiger partial charge >= 0.3 is 0 Å². The molecule has 1 unspecified atom stereocenters. The number of benzene rings is 3. The van der Waals surface area contributed by atoms with Crippen LogP contribution in [-0.2, 0) is 14.4 Å². The van der Waals surface area contributed by atoms with Crippen molar-refractivity contribution in [3.63, 3.8) is 0 Å². The molecule has 8 heteroatoms. The molecule has 0 radical (unpaired) electrons. The molecule has 3 aromatic carbocycles. The van der Waals surface area contributed by atoms with Crippen molar-refractivity contribution in [3.8, 4) is 17.2 Å². The maximum atomic E-state index is 13.4. The lowest BCUT2D eigenvalue weighted by atomic mass is 10.2. The smallest absolute Gasteiger partial charge is 0.261 e. The Morgan fingerprint density at radius 3 is 2.42 bits per heavy atom. The number of para-hydroxylation sites is 3. The van der Waals surface area contributed by atoms with E-state index in [0.717, 1.165) is 23.9 Å². The molecule has 0 spiro atoms. The van der Waals surface area contributed by atoms with E-state index in [1.807, 2.05) is 42.5 Å². The average molecular weight is 482 g/mol. The summed E-state index contributed by atoms with van der Waals surface area (Å²) in [6.45, 7) is -0.183. The van der Waals surface area contributed by atoms with E-state index in [9.17, 15) is 14.4 Å². The van der Waals surface area contributed by atoms with Crippen molar-refractivity contribution in [1.29, 1.82) is 0 Å². The second-order valence-electron chi connectivity index (χ2n) is 8.95. The Kier molecular flexibility index (Phi) is 5.48. The molecule has 1 aromatic heterocycles. The summed E-state index contributed by atoms with van der Waals surface area (Å²) in [6.07, 6.45) is 1.59. The second-order valence-corrected chi connectivity index (χ2v) is 8.95. The van der Waals surface area contributed by atoms with E-state index in [2.05, 4.69) is 4.98 Å². The molecule has 180 valence electrons. The molecule has 8 nitrogen and oxygen atoms in total. The van der Waals surface area contributed by atoms with Gasteiger partial charge in [0.2, 0.25) is 11.8 Å². The van der Waals surface area contributed by atoms with Crippen molar-refractivity contribution >= 4 is 34.5 Å². The topological polar surface area (TPSA) is 93.0 Å². The zero-order valence-corrected chi connectivity index (χ0v) is 19.4. The predicted octanol–water partition coefficient (Wildman–Crippen LogP) is 4.20. The summed E-state index contributed by atoms with van der Waals surface area (Å²) in [5.41, 5.74) is 2.63. The van der Waals surface area contributed by atoms with Crippen molar-refractivity contribution in [2.24, 2.45) is 0 Å². The third kappa shape index (κ3) is 4.11. The summed E-state index contributed by atoms with van der Waals surface area (Å²) in [7, 11) is 0. The van der Waals surface area contributed by atoms with Crippen LogP contribution < -0.4 is 9.64 Å². The number of hydrogen-bond acceptors (Lipinski definition) is 6. The summed E-state index contributed by atoms with van der Waals surface area (Å²) >= 11 is 0. The first-order valence-corrected chi connectivity index (χ1v) is 11.9. The van der Waals surface area contributed by atoms with Crippen LogP contribution in [0, 0.1) is 0 Å². The first-order valence-electron chi connectivity index (χ1n) is 11.9. The van der Waals surface area contributed by atoms with Crippen LogP contribution in [-0.4, -0.2) is 46.3 Å². The Bertz CT molecular complexity index is 1410. The highest BCUT2D eigenvalue weighted by molar-refractivity contribution is 6.23. The molecular weight excluding hydrogens is 458 g/mol. The quantitative estimate of drug-likeness (QED) is 0.368. The van der Waals surface area contributed by atoms with Crippen LogP contribution in [0.25, 0.3) is 22.6 Å².